The van der Waals surface area contributed by atoms with Crippen molar-refractivity contribution in [2.24, 2.45) is 0 Å². The molecule has 0 unspecified atom stereocenters. The van der Waals surface area contributed by atoms with Gasteiger partial charge in [0.25, 0.3) is 11.8 Å². The quantitative estimate of drug-likeness (QED) is 0.320. The van der Waals surface area contributed by atoms with Crippen LogP contribution in [0, 0.1) is 0 Å². The Hall–Kier alpha value is -3.32. The lowest BCUT2D eigenvalue weighted by molar-refractivity contribution is -0.138. The number of carbonyl (C=O) groups excluding carboxylic acids is 3. The van der Waals surface area contributed by atoms with Crippen molar-refractivity contribution in [1.29, 1.82) is 0 Å². The van der Waals surface area contributed by atoms with Crippen LogP contribution in [0.4, 0.5) is 0 Å². The standard InChI is InChI=1S/C20H16ClNO6/c1-26-11-17(20(25)27-2)28-16-8-7-13(21)9-12(16)10-22-18(23)14-5-3-4-6-15(14)19(22)24/h3-9,11H,10H2,1-2H3. The molecule has 0 aromatic heterocycles. The molecule has 0 atom stereocenters. The first kappa shape index (κ1) is 19.4. The number of carbonyl (C=O) groups is 3. The van der Waals surface area contributed by atoms with Crippen molar-refractivity contribution in [3.63, 3.8) is 0 Å². The second-order valence-corrected chi connectivity index (χ2v) is 6.24. The van der Waals surface area contributed by atoms with Crippen LogP contribution < -0.4 is 4.74 Å². The van der Waals surface area contributed by atoms with Crippen molar-refractivity contribution >= 4 is 29.4 Å². The molecular weight excluding hydrogens is 386 g/mol. The lowest BCUT2D eigenvalue weighted by atomic mass is 10.1. The van der Waals surface area contributed by atoms with Crippen molar-refractivity contribution in [2.75, 3.05) is 14.2 Å². The van der Waals surface area contributed by atoms with Crippen LogP contribution in [0.3, 0.4) is 0 Å². The van der Waals surface area contributed by atoms with Crippen LogP contribution in [0.2, 0.25) is 5.02 Å². The van der Waals surface area contributed by atoms with Gasteiger partial charge in [-0.15, -0.1) is 0 Å². The maximum Gasteiger partial charge on any atom is 0.377 e. The fraction of sp³-hybridized carbons (Fsp3) is 0.150. The Morgan fingerprint density at radius 1 is 1.07 bits per heavy atom. The van der Waals surface area contributed by atoms with Crippen LogP contribution in [0.1, 0.15) is 26.3 Å². The average molecular weight is 402 g/mol. The first-order chi connectivity index (χ1) is 13.5. The molecule has 1 aliphatic heterocycles. The van der Waals surface area contributed by atoms with Crippen molar-refractivity contribution in [2.45, 2.75) is 6.54 Å². The molecule has 0 radical (unpaired) electrons. The highest BCUT2D eigenvalue weighted by molar-refractivity contribution is 6.30. The fourth-order valence-electron chi connectivity index (χ4n) is 2.76. The van der Waals surface area contributed by atoms with Crippen molar-refractivity contribution < 1.29 is 28.6 Å². The second-order valence-electron chi connectivity index (χ2n) is 5.81. The Morgan fingerprint density at radius 3 is 2.29 bits per heavy atom. The summed E-state index contributed by atoms with van der Waals surface area (Å²) < 4.78 is 15.1. The molecule has 0 fully saturated rings. The number of halogens is 1. The molecule has 2 aromatic rings. The van der Waals surface area contributed by atoms with E-state index in [9.17, 15) is 14.4 Å². The van der Waals surface area contributed by atoms with Gasteiger partial charge in [0.2, 0.25) is 5.76 Å². The Labute approximate surface area is 166 Å². The van der Waals surface area contributed by atoms with E-state index in [4.69, 9.17) is 21.1 Å². The number of amides is 2. The summed E-state index contributed by atoms with van der Waals surface area (Å²) >= 11 is 6.08. The molecule has 0 aliphatic carbocycles. The van der Waals surface area contributed by atoms with E-state index in [1.165, 1.54) is 20.3 Å². The van der Waals surface area contributed by atoms with Crippen LogP contribution in [0.15, 0.2) is 54.5 Å². The van der Waals surface area contributed by atoms with Gasteiger partial charge in [0.05, 0.1) is 31.9 Å². The van der Waals surface area contributed by atoms with Crippen molar-refractivity contribution in [1.82, 2.24) is 4.90 Å². The number of fused-ring (bicyclic) bond motifs is 1. The van der Waals surface area contributed by atoms with Gasteiger partial charge in [-0.2, -0.15) is 0 Å². The third-order valence-electron chi connectivity index (χ3n) is 4.06. The summed E-state index contributed by atoms with van der Waals surface area (Å²) in [5, 5.41) is 0.384. The summed E-state index contributed by atoms with van der Waals surface area (Å²) in [4.78, 5) is 38.2. The van der Waals surface area contributed by atoms with E-state index in [1.54, 1.807) is 36.4 Å². The van der Waals surface area contributed by atoms with E-state index in [2.05, 4.69) is 4.74 Å². The zero-order chi connectivity index (χ0) is 20.3. The molecule has 1 aliphatic rings. The summed E-state index contributed by atoms with van der Waals surface area (Å²) in [6, 6.07) is 11.2. The Bertz CT molecular complexity index is 949. The number of ether oxygens (including phenoxy) is 3. The van der Waals surface area contributed by atoms with Crippen molar-refractivity contribution in [3.8, 4) is 5.75 Å². The summed E-state index contributed by atoms with van der Waals surface area (Å²) in [7, 11) is 2.56. The van der Waals surface area contributed by atoms with Gasteiger partial charge in [-0.1, -0.05) is 23.7 Å². The SMILES string of the molecule is COC=C(Oc1ccc(Cl)cc1CN1C(=O)c2ccccc2C1=O)C(=O)OC. The number of rotatable bonds is 6. The topological polar surface area (TPSA) is 82.1 Å². The van der Waals surface area contributed by atoms with E-state index < -0.39 is 17.8 Å². The Morgan fingerprint density at radius 2 is 1.71 bits per heavy atom. The number of hydrogen-bond donors (Lipinski definition) is 0. The zero-order valence-electron chi connectivity index (χ0n) is 15.1. The molecular formula is C20H16ClNO6. The number of benzene rings is 2. The Kier molecular flexibility index (Phi) is 5.65. The summed E-state index contributed by atoms with van der Waals surface area (Å²) in [5.74, 6) is -1.53. The first-order valence-corrected chi connectivity index (χ1v) is 8.56. The third kappa shape index (κ3) is 3.70. The fourth-order valence-corrected chi connectivity index (χ4v) is 2.96. The van der Waals surface area contributed by atoms with E-state index in [1.807, 2.05) is 0 Å². The number of methoxy groups -OCH3 is 2. The van der Waals surface area contributed by atoms with Gasteiger partial charge in [-0.3, -0.25) is 14.5 Å². The Balaban J connectivity index is 1.92. The minimum Gasteiger partial charge on any atom is -0.500 e. The van der Waals surface area contributed by atoms with Gasteiger partial charge in [-0.25, -0.2) is 4.79 Å². The minimum absolute atomic E-state index is 0.0797. The van der Waals surface area contributed by atoms with Gasteiger partial charge in [-0.05, 0) is 30.3 Å². The summed E-state index contributed by atoms with van der Waals surface area (Å²) in [6.45, 7) is -0.0797. The molecule has 8 heteroatoms. The van der Waals surface area contributed by atoms with Gasteiger partial charge in [0.15, 0.2) is 0 Å². The molecule has 7 nitrogen and oxygen atoms in total. The highest BCUT2D eigenvalue weighted by Crippen LogP contribution is 2.30. The number of nitrogens with zero attached hydrogens (tertiary/aromatic N) is 1. The molecule has 0 saturated heterocycles. The van der Waals surface area contributed by atoms with Crippen LogP contribution >= 0.6 is 11.6 Å². The largest absolute Gasteiger partial charge is 0.500 e. The molecule has 28 heavy (non-hydrogen) atoms. The van der Waals surface area contributed by atoms with Gasteiger partial charge in [0, 0.05) is 10.6 Å². The lowest BCUT2D eigenvalue weighted by Crippen LogP contribution is -2.29. The maximum absolute atomic E-state index is 12.6. The second kappa shape index (κ2) is 8.14. The van der Waals surface area contributed by atoms with Crippen LogP contribution in [-0.2, 0) is 20.8 Å². The predicted molar refractivity (Wildman–Crippen MR) is 99.8 cm³/mol. The van der Waals surface area contributed by atoms with Crippen LogP contribution in [0.5, 0.6) is 5.75 Å². The molecule has 0 spiro atoms. The van der Waals surface area contributed by atoms with Gasteiger partial charge >= 0.3 is 5.97 Å². The maximum atomic E-state index is 12.6. The van der Waals surface area contributed by atoms with E-state index >= 15 is 0 Å². The molecule has 3 rings (SSSR count). The molecule has 0 saturated carbocycles. The first-order valence-electron chi connectivity index (χ1n) is 8.19. The number of esters is 1. The summed E-state index contributed by atoms with van der Waals surface area (Å²) in [6.07, 6.45) is 1.09. The number of imide groups is 1. The third-order valence-corrected chi connectivity index (χ3v) is 4.30. The molecule has 2 amide bonds. The monoisotopic (exact) mass is 401 g/mol. The van der Waals surface area contributed by atoms with E-state index in [0.29, 0.717) is 21.7 Å². The average Bonchev–Trinajstić information content (AvgIpc) is 2.94. The zero-order valence-corrected chi connectivity index (χ0v) is 15.9. The van der Waals surface area contributed by atoms with E-state index in [0.717, 1.165) is 11.2 Å². The normalized spacial score (nSPS) is 13.4. The highest BCUT2D eigenvalue weighted by atomic mass is 35.5. The smallest absolute Gasteiger partial charge is 0.377 e. The molecule has 0 bridgehead atoms. The minimum atomic E-state index is -0.747. The highest BCUT2D eigenvalue weighted by Gasteiger charge is 2.35. The molecule has 0 N–H and O–H groups in total. The van der Waals surface area contributed by atoms with Crippen LogP contribution in [-0.4, -0.2) is 36.9 Å². The molecule has 144 valence electrons. The van der Waals surface area contributed by atoms with Gasteiger partial charge in [0.1, 0.15) is 12.0 Å². The summed E-state index contributed by atoms with van der Waals surface area (Å²) in [5.41, 5.74) is 1.12. The van der Waals surface area contributed by atoms with Crippen molar-refractivity contribution in [3.05, 3.63) is 76.2 Å². The predicted octanol–water partition coefficient (Wildman–Crippen LogP) is 3.18. The molecule has 1 heterocycles. The van der Waals surface area contributed by atoms with Gasteiger partial charge < -0.3 is 14.2 Å². The number of hydrogen-bond acceptors (Lipinski definition) is 6. The molecule has 2 aromatic carbocycles. The van der Waals surface area contributed by atoms with E-state index in [-0.39, 0.29) is 18.1 Å². The lowest BCUT2D eigenvalue weighted by Gasteiger charge is -2.17. The van der Waals surface area contributed by atoms with Crippen LogP contribution in [0.25, 0.3) is 0 Å².